The Balaban J connectivity index is 1.29. The average molecular weight is 450 g/mol. The molecule has 1 aliphatic carbocycles. The number of fused-ring (bicyclic) bond motifs is 2. The van der Waals surface area contributed by atoms with E-state index in [0.717, 1.165) is 68.2 Å². The molecule has 0 spiro atoms. The summed E-state index contributed by atoms with van der Waals surface area (Å²) in [6, 6.07) is 7.76. The van der Waals surface area contributed by atoms with Crippen molar-refractivity contribution in [3.05, 3.63) is 59.5 Å². The van der Waals surface area contributed by atoms with Gasteiger partial charge in [0.2, 0.25) is 0 Å². The predicted octanol–water partition coefficient (Wildman–Crippen LogP) is 3.51. The Hall–Kier alpha value is -2.71. The number of hydrogen-bond acceptors (Lipinski definition) is 8. The summed E-state index contributed by atoms with van der Waals surface area (Å²) in [6.07, 6.45) is 8.65. The van der Waals surface area contributed by atoms with Crippen LogP contribution in [0.15, 0.2) is 48.1 Å². The number of nitrogens with zero attached hydrogens (tertiary/aromatic N) is 3. The summed E-state index contributed by atoms with van der Waals surface area (Å²) >= 11 is 2.02. The van der Waals surface area contributed by atoms with Crippen LogP contribution in [0.2, 0.25) is 0 Å². The predicted molar refractivity (Wildman–Crippen MR) is 129 cm³/mol. The van der Waals surface area contributed by atoms with E-state index in [1.165, 1.54) is 11.1 Å². The molecule has 3 N–H and O–H groups in total. The van der Waals surface area contributed by atoms with Crippen LogP contribution < -0.4 is 15.5 Å². The summed E-state index contributed by atoms with van der Waals surface area (Å²) in [5.41, 5.74) is 3.62. The van der Waals surface area contributed by atoms with Crippen LogP contribution >= 0.6 is 11.8 Å². The molecule has 0 saturated carbocycles. The van der Waals surface area contributed by atoms with E-state index in [4.69, 9.17) is 14.7 Å². The number of allylic oxidation sites excluding steroid dienone is 3. The quantitative estimate of drug-likeness (QED) is 0.618. The van der Waals surface area contributed by atoms with Crippen LogP contribution in [0.4, 0.5) is 17.3 Å². The highest BCUT2D eigenvalue weighted by Crippen LogP contribution is 2.46. The van der Waals surface area contributed by atoms with Crippen molar-refractivity contribution in [3.63, 3.8) is 0 Å². The largest absolute Gasteiger partial charge is 0.508 e. The standard InChI is InChI=1S/C24H27N5O2S/c30-17-7-5-15(6-8-17)9-10-25-23-21-24(29(14-26-21)16-11-31-12-16)28-22(27-23)19-13-32-20-4-2-1-3-18(19)20/h1-3,5-8,16,19-20,26,30H,4,9-14H2,(H,25,27,28). The lowest BCUT2D eigenvalue weighted by Crippen LogP contribution is -2.49. The fourth-order valence-electron chi connectivity index (χ4n) is 4.71. The molecule has 6 rings (SSSR count). The number of aromatic nitrogens is 2. The Morgan fingerprint density at radius 1 is 1.22 bits per heavy atom. The molecule has 166 valence electrons. The van der Waals surface area contributed by atoms with E-state index in [9.17, 15) is 5.11 Å². The zero-order valence-electron chi connectivity index (χ0n) is 17.8. The van der Waals surface area contributed by atoms with Crippen LogP contribution in [0.25, 0.3) is 0 Å². The van der Waals surface area contributed by atoms with Crippen molar-refractivity contribution in [1.29, 1.82) is 0 Å². The third kappa shape index (κ3) is 3.61. The highest BCUT2D eigenvalue weighted by molar-refractivity contribution is 8.00. The number of aromatic hydroxyl groups is 1. The highest BCUT2D eigenvalue weighted by atomic mass is 32.2. The maximum Gasteiger partial charge on any atom is 0.159 e. The molecule has 7 nitrogen and oxygen atoms in total. The van der Waals surface area contributed by atoms with Gasteiger partial charge in [0, 0.05) is 17.5 Å². The normalized spacial score (nSPS) is 23.9. The first-order chi connectivity index (χ1) is 15.8. The average Bonchev–Trinajstić information content (AvgIpc) is 3.39. The van der Waals surface area contributed by atoms with Gasteiger partial charge in [-0.2, -0.15) is 11.8 Å². The van der Waals surface area contributed by atoms with E-state index >= 15 is 0 Å². The third-order valence-electron chi connectivity index (χ3n) is 6.63. The van der Waals surface area contributed by atoms with Crippen LogP contribution in [0.5, 0.6) is 5.75 Å². The minimum absolute atomic E-state index is 0.262. The number of thioether (sulfide) groups is 1. The minimum Gasteiger partial charge on any atom is -0.508 e. The van der Waals surface area contributed by atoms with Crippen molar-refractivity contribution in [2.75, 3.05) is 47.7 Å². The van der Waals surface area contributed by atoms with E-state index < -0.39 is 0 Å². The number of phenolic OH excluding ortho intramolecular Hbond substituents is 1. The molecule has 2 saturated heterocycles. The van der Waals surface area contributed by atoms with Gasteiger partial charge in [-0.05, 0) is 36.1 Å². The van der Waals surface area contributed by atoms with Gasteiger partial charge in [-0.1, -0.05) is 30.4 Å². The fraction of sp³-hybridized carbons (Fsp3) is 0.417. The minimum atomic E-state index is 0.262. The number of ether oxygens (including phenoxy) is 1. The van der Waals surface area contributed by atoms with Crippen molar-refractivity contribution >= 4 is 29.1 Å². The molecule has 0 radical (unpaired) electrons. The Morgan fingerprint density at radius 2 is 2.09 bits per heavy atom. The fourth-order valence-corrected chi connectivity index (χ4v) is 6.16. The molecule has 0 bridgehead atoms. The Morgan fingerprint density at radius 3 is 2.91 bits per heavy atom. The second-order valence-electron chi connectivity index (χ2n) is 8.67. The third-order valence-corrected chi connectivity index (χ3v) is 8.03. The maximum atomic E-state index is 9.51. The number of rotatable bonds is 6. The number of nitrogens with one attached hydrogen (secondary N) is 2. The number of anilines is 3. The molecule has 1 aromatic heterocycles. The monoisotopic (exact) mass is 449 g/mol. The van der Waals surface area contributed by atoms with Crippen LogP contribution in [-0.2, 0) is 11.2 Å². The van der Waals surface area contributed by atoms with Gasteiger partial charge in [0.15, 0.2) is 11.6 Å². The maximum absolute atomic E-state index is 9.51. The lowest BCUT2D eigenvalue weighted by molar-refractivity contribution is 0.00891. The lowest BCUT2D eigenvalue weighted by Gasteiger charge is -2.35. The molecule has 2 atom stereocenters. The van der Waals surface area contributed by atoms with Gasteiger partial charge in [0.1, 0.15) is 17.3 Å². The highest BCUT2D eigenvalue weighted by Gasteiger charge is 2.38. The van der Waals surface area contributed by atoms with Crippen LogP contribution in [0.3, 0.4) is 0 Å². The molecule has 2 unspecified atom stereocenters. The zero-order chi connectivity index (χ0) is 21.5. The van der Waals surface area contributed by atoms with Gasteiger partial charge < -0.3 is 25.4 Å². The zero-order valence-corrected chi connectivity index (χ0v) is 18.6. The topological polar surface area (TPSA) is 82.5 Å². The van der Waals surface area contributed by atoms with E-state index in [1.807, 2.05) is 23.9 Å². The Kier molecular flexibility index (Phi) is 5.19. The number of phenols is 1. The lowest BCUT2D eigenvalue weighted by atomic mass is 9.92. The van der Waals surface area contributed by atoms with Crippen LogP contribution in [-0.4, -0.2) is 58.5 Å². The molecule has 3 aliphatic heterocycles. The van der Waals surface area contributed by atoms with Gasteiger partial charge in [-0.25, -0.2) is 9.97 Å². The molecule has 32 heavy (non-hydrogen) atoms. The first-order valence-electron chi connectivity index (χ1n) is 11.3. The Bertz CT molecular complexity index is 1070. The van der Waals surface area contributed by atoms with E-state index in [0.29, 0.717) is 17.0 Å². The summed E-state index contributed by atoms with van der Waals surface area (Å²) in [6.45, 7) is 3.00. The van der Waals surface area contributed by atoms with Gasteiger partial charge in [-0.15, -0.1) is 0 Å². The summed E-state index contributed by atoms with van der Waals surface area (Å²) in [4.78, 5) is 12.5. The molecular weight excluding hydrogens is 422 g/mol. The van der Waals surface area contributed by atoms with E-state index in [1.54, 1.807) is 12.1 Å². The molecule has 0 amide bonds. The molecular formula is C24H27N5O2S. The molecule has 8 heteroatoms. The van der Waals surface area contributed by atoms with E-state index in [2.05, 4.69) is 33.8 Å². The van der Waals surface area contributed by atoms with Crippen molar-refractivity contribution in [1.82, 2.24) is 9.97 Å². The van der Waals surface area contributed by atoms with Gasteiger partial charge in [0.05, 0.1) is 31.8 Å². The summed E-state index contributed by atoms with van der Waals surface area (Å²) < 4.78 is 5.45. The first-order valence-corrected chi connectivity index (χ1v) is 12.3. The van der Waals surface area contributed by atoms with Crippen molar-refractivity contribution < 1.29 is 9.84 Å². The second-order valence-corrected chi connectivity index (χ2v) is 9.91. The van der Waals surface area contributed by atoms with E-state index in [-0.39, 0.29) is 5.92 Å². The van der Waals surface area contributed by atoms with Crippen LogP contribution in [0.1, 0.15) is 23.7 Å². The number of hydrogen-bond donors (Lipinski definition) is 3. The van der Waals surface area contributed by atoms with Gasteiger partial charge in [0.25, 0.3) is 0 Å². The van der Waals surface area contributed by atoms with Crippen LogP contribution in [0, 0.1) is 0 Å². The van der Waals surface area contributed by atoms with Crippen molar-refractivity contribution in [3.8, 4) is 5.75 Å². The summed E-state index contributed by atoms with van der Waals surface area (Å²) in [7, 11) is 0. The second kappa shape index (κ2) is 8.33. The molecule has 4 aliphatic rings. The SMILES string of the molecule is Oc1ccc(CCNc2nc(C3CSC4CC=CC=C43)nc3c2NCN3C2COC2)cc1. The van der Waals surface area contributed by atoms with Gasteiger partial charge in [-0.3, -0.25) is 0 Å². The number of benzene rings is 1. The molecule has 1 aromatic carbocycles. The van der Waals surface area contributed by atoms with Gasteiger partial charge >= 0.3 is 0 Å². The van der Waals surface area contributed by atoms with Crippen molar-refractivity contribution in [2.24, 2.45) is 0 Å². The summed E-state index contributed by atoms with van der Waals surface area (Å²) in [5.74, 6) is 4.38. The van der Waals surface area contributed by atoms with Crippen molar-refractivity contribution in [2.45, 2.75) is 30.1 Å². The molecule has 2 fully saturated rings. The smallest absolute Gasteiger partial charge is 0.159 e. The first kappa shape index (κ1) is 19.9. The molecule has 4 heterocycles. The Labute approximate surface area is 192 Å². The molecule has 2 aromatic rings. The summed E-state index contributed by atoms with van der Waals surface area (Å²) in [5, 5.41) is 17.2.